The maximum absolute atomic E-state index is 13.0. The molecule has 4 aromatic rings. The molecule has 0 atom stereocenters. The van der Waals surface area contributed by atoms with Gasteiger partial charge in [-0.1, -0.05) is 66.7 Å². The van der Waals surface area contributed by atoms with Crippen molar-refractivity contribution >= 4 is 50.6 Å². The van der Waals surface area contributed by atoms with Crippen LogP contribution >= 0.6 is 11.8 Å². The van der Waals surface area contributed by atoms with Crippen molar-refractivity contribution in [3.63, 3.8) is 0 Å². The van der Waals surface area contributed by atoms with E-state index in [-0.39, 0.29) is 11.4 Å². The van der Waals surface area contributed by atoms with Crippen molar-refractivity contribution in [1.82, 2.24) is 9.58 Å². The number of amides is 1. The largest absolute Gasteiger partial charge is 0.317 e. The normalized spacial score (nSPS) is 16.5. The zero-order chi connectivity index (χ0) is 24.8. The summed E-state index contributed by atoms with van der Waals surface area (Å²) in [6.45, 7) is 4.09. The van der Waals surface area contributed by atoms with Crippen LogP contribution in [-0.4, -0.2) is 31.5 Å². The highest BCUT2D eigenvalue weighted by molar-refractivity contribution is 8.26. The molecule has 0 radical (unpaired) electrons. The van der Waals surface area contributed by atoms with Crippen LogP contribution in [0.4, 0.5) is 0 Å². The fourth-order valence-electron chi connectivity index (χ4n) is 4.74. The van der Waals surface area contributed by atoms with Gasteiger partial charge in [-0.2, -0.15) is 15.1 Å². The minimum absolute atomic E-state index is 0.0514. The van der Waals surface area contributed by atoms with Crippen LogP contribution in [0.1, 0.15) is 22.5 Å². The Bertz CT molecular complexity index is 1640. The van der Waals surface area contributed by atoms with Crippen molar-refractivity contribution in [2.45, 2.75) is 20.3 Å². The van der Waals surface area contributed by atoms with Gasteiger partial charge in [-0.05, 0) is 60.3 Å². The van der Waals surface area contributed by atoms with Gasteiger partial charge in [-0.3, -0.25) is 10.2 Å². The molecule has 0 fully saturated rings. The van der Waals surface area contributed by atoms with E-state index < -0.39 is 5.91 Å². The summed E-state index contributed by atoms with van der Waals surface area (Å²) in [6.07, 6.45) is 2.40. The van der Waals surface area contributed by atoms with Crippen molar-refractivity contribution in [3.8, 4) is 5.69 Å². The van der Waals surface area contributed by atoms with E-state index in [1.54, 1.807) is 6.08 Å². The average Bonchev–Trinajstić information content (AvgIpc) is 3.41. The minimum Gasteiger partial charge on any atom is -0.317 e. The predicted octanol–water partition coefficient (Wildman–Crippen LogP) is 6.11. The maximum Gasteiger partial charge on any atom is 0.283 e. The molecule has 2 aliphatic heterocycles. The van der Waals surface area contributed by atoms with Crippen LogP contribution < -0.4 is 0 Å². The molecular formula is C29H23N5OS. The van der Waals surface area contributed by atoms with Gasteiger partial charge in [0.25, 0.3) is 5.91 Å². The Labute approximate surface area is 213 Å². The summed E-state index contributed by atoms with van der Waals surface area (Å²) >= 11 is 1.35. The number of rotatable bonds is 4. The van der Waals surface area contributed by atoms with Gasteiger partial charge >= 0.3 is 0 Å². The molecule has 0 spiro atoms. The summed E-state index contributed by atoms with van der Waals surface area (Å²) in [7, 11) is 0. The summed E-state index contributed by atoms with van der Waals surface area (Å²) in [5, 5.41) is 18.4. The first kappa shape index (κ1) is 22.2. The first-order chi connectivity index (χ1) is 17.5. The summed E-state index contributed by atoms with van der Waals surface area (Å²) in [5.74, 6) is -0.361. The number of nitrogens with zero attached hydrogens (tertiary/aromatic N) is 4. The number of hydrogen-bond acceptors (Lipinski definition) is 4. The van der Waals surface area contributed by atoms with Gasteiger partial charge in [0, 0.05) is 23.2 Å². The third kappa shape index (κ3) is 3.78. The molecule has 0 bridgehead atoms. The standard InChI is InChI=1S/C29H23N5OS/c1-18-15-22(19(2)33(18)25-14-8-12-21-11-6-7-13-23(21)25)17-24-27(30)34-29(31-28(24)35)36-26(32-34)16-20-9-4-3-5-10-20/h3-15,17,30H,16H2,1-2H3. The highest BCUT2D eigenvalue weighted by atomic mass is 32.2. The molecule has 2 aliphatic rings. The Balaban J connectivity index is 1.35. The summed E-state index contributed by atoms with van der Waals surface area (Å²) in [4.78, 5) is 17.2. The molecule has 6 nitrogen and oxygen atoms in total. The number of carbonyl (C=O) groups is 1. The van der Waals surface area contributed by atoms with Crippen LogP contribution in [0, 0.1) is 19.3 Å². The lowest BCUT2D eigenvalue weighted by Gasteiger charge is -2.20. The van der Waals surface area contributed by atoms with E-state index >= 15 is 0 Å². The number of aliphatic imine (C=N–C) groups is 1. The van der Waals surface area contributed by atoms with Gasteiger partial charge in [0.1, 0.15) is 5.04 Å². The fraction of sp³-hybridized carbons (Fsp3) is 0.103. The predicted molar refractivity (Wildman–Crippen MR) is 148 cm³/mol. The van der Waals surface area contributed by atoms with Crippen molar-refractivity contribution in [1.29, 1.82) is 5.41 Å². The molecule has 0 saturated heterocycles. The zero-order valence-electron chi connectivity index (χ0n) is 19.9. The number of thioether (sulfide) groups is 1. The van der Waals surface area contributed by atoms with Gasteiger partial charge in [-0.25, -0.2) is 0 Å². The number of aromatic nitrogens is 1. The molecule has 0 unspecified atom stereocenters. The van der Waals surface area contributed by atoms with Gasteiger partial charge < -0.3 is 4.57 Å². The molecule has 176 valence electrons. The van der Waals surface area contributed by atoms with E-state index in [0.29, 0.717) is 11.6 Å². The number of benzene rings is 3. The average molecular weight is 490 g/mol. The summed E-state index contributed by atoms with van der Waals surface area (Å²) in [5.41, 5.74) is 5.38. The number of hydrogen-bond donors (Lipinski definition) is 1. The van der Waals surface area contributed by atoms with Crippen LogP contribution in [0.15, 0.2) is 94.5 Å². The van der Waals surface area contributed by atoms with Crippen LogP contribution in [0.25, 0.3) is 22.5 Å². The topological polar surface area (TPSA) is 73.8 Å². The number of fused-ring (bicyclic) bond motifs is 2. The van der Waals surface area contributed by atoms with E-state index in [1.165, 1.54) is 22.2 Å². The van der Waals surface area contributed by atoms with Crippen LogP contribution in [-0.2, 0) is 11.2 Å². The van der Waals surface area contributed by atoms with E-state index in [9.17, 15) is 4.79 Å². The minimum atomic E-state index is -0.412. The molecule has 3 heterocycles. The highest BCUT2D eigenvalue weighted by Crippen LogP contribution is 2.32. The molecule has 1 N–H and O–H groups in total. The van der Waals surface area contributed by atoms with Crippen molar-refractivity contribution in [2.75, 3.05) is 0 Å². The Hall–Kier alpha value is -4.23. The molecule has 6 rings (SSSR count). The first-order valence-corrected chi connectivity index (χ1v) is 12.5. The van der Waals surface area contributed by atoms with Crippen LogP contribution in [0.5, 0.6) is 0 Å². The Kier molecular flexibility index (Phi) is 5.42. The SMILES string of the molecule is Cc1cc(C=C2C(=N)N3N=C(Cc4ccccc4)SC3=NC2=O)c(C)n1-c1cccc2ccccc12. The number of amidine groups is 2. The summed E-state index contributed by atoms with van der Waals surface area (Å²) < 4.78 is 2.20. The smallest absolute Gasteiger partial charge is 0.283 e. The molecule has 3 aromatic carbocycles. The van der Waals surface area contributed by atoms with Gasteiger partial charge in [-0.15, -0.1) is 0 Å². The highest BCUT2D eigenvalue weighted by Gasteiger charge is 2.35. The maximum atomic E-state index is 13.0. The molecule has 0 saturated carbocycles. The molecule has 0 aliphatic carbocycles. The lowest BCUT2D eigenvalue weighted by Crippen LogP contribution is -2.35. The second-order valence-corrected chi connectivity index (χ2v) is 9.88. The van der Waals surface area contributed by atoms with E-state index in [1.807, 2.05) is 55.5 Å². The molecular weight excluding hydrogens is 466 g/mol. The summed E-state index contributed by atoms with van der Waals surface area (Å²) in [6, 6.07) is 26.6. The van der Waals surface area contributed by atoms with Crippen LogP contribution in [0.3, 0.4) is 0 Å². The molecule has 36 heavy (non-hydrogen) atoms. The van der Waals surface area contributed by atoms with Crippen molar-refractivity contribution < 1.29 is 4.79 Å². The number of aryl methyl sites for hydroxylation is 1. The van der Waals surface area contributed by atoms with Gasteiger partial charge in [0.2, 0.25) is 5.17 Å². The number of nitrogens with one attached hydrogen (secondary N) is 1. The quantitative estimate of drug-likeness (QED) is 0.352. The molecule has 1 aromatic heterocycles. The fourth-order valence-corrected chi connectivity index (χ4v) is 5.66. The first-order valence-electron chi connectivity index (χ1n) is 11.7. The van der Waals surface area contributed by atoms with Gasteiger partial charge in [0.05, 0.1) is 11.3 Å². The van der Waals surface area contributed by atoms with Crippen molar-refractivity contribution in [3.05, 3.63) is 107 Å². The third-order valence-corrected chi connectivity index (χ3v) is 7.38. The van der Waals surface area contributed by atoms with Crippen molar-refractivity contribution in [2.24, 2.45) is 10.1 Å². The molecule has 7 heteroatoms. The lowest BCUT2D eigenvalue weighted by molar-refractivity contribution is -0.114. The van der Waals surface area contributed by atoms with E-state index in [0.717, 1.165) is 38.6 Å². The van der Waals surface area contributed by atoms with Gasteiger partial charge in [0.15, 0.2) is 5.84 Å². The lowest BCUT2D eigenvalue weighted by atomic mass is 10.1. The van der Waals surface area contributed by atoms with E-state index in [2.05, 4.69) is 51.9 Å². The zero-order valence-corrected chi connectivity index (χ0v) is 20.7. The second-order valence-electron chi connectivity index (χ2n) is 8.84. The third-order valence-electron chi connectivity index (χ3n) is 6.47. The molecule has 1 amide bonds. The van der Waals surface area contributed by atoms with Crippen LogP contribution in [0.2, 0.25) is 0 Å². The Morgan fingerprint density at radius 2 is 1.72 bits per heavy atom. The monoisotopic (exact) mass is 489 g/mol. The van der Waals surface area contributed by atoms with E-state index in [4.69, 9.17) is 5.41 Å². The Morgan fingerprint density at radius 1 is 0.972 bits per heavy atom. The Morgan fingerprint density at radius 3 is 2.56 bits per heavy atom. The number of hydrazone groups is 1. The number of carbonyl (C=O) groups excluding carboxylic acids is 1. The second kappa shape index (κ2) is 8.77.